The summed E-state index contributed by atoms with van der Waals surface area (Å²) in [5, 5.41) is 17.3. The van der Waals surface area contributed by atoms with Gasteiger partial charge in [-0.25, -0.2) is 0 Å². The second-order valence-corrected chi connectivity index (χ2v) is 3.52. The standard InChI is InChI=1S/C9H4Cl2N4/c10-7-2-1-3-8(11)9(7)15-13-5-6(4-12)14-15/h1-3,5H. The van der Waals surface area contributed by atoms with E-state index in [4.69, 9.17) is 28.5 Å². The van der Waals surface area contributed by atoms with Crippen molar-refractivity contribution < 1.29 is 0 Å². The molecule has 15 heavy (non-hydrogen) atoms. The van der Waals surface area contributed by atoms with E-state index in [1.807, 2.05) is 6.07 Å². The van der Waals surface area contributed by atoms with Crippen LogP contribution < -0.4 is 0 Å². The fraction of sp³-hybridized carbons (Fsp3) is 0. The van der Waals surface area contributed by atoms with Crippen molar-refractivity contribution in [3.63, 3.8) is 0 Å². The third-order valence-corrected chi connectivity index (χ3v) is 2.35. The number of halogens is 2. The lowest BCUT2D eigenvalue weighted by Gasteiger charge is -2.03. The molecule has 0 aliphatic heterocycles. The number of nitrogens with zero attached hydrogens (tertiary/aromatic N) is 4. The third-order valence-electron chi connectivity index (χ3n) is 1.74. The molecular weight excluding hydrogens is 235 g/mol. The summed E-state index contributed by atoms with van der Waals surface area (Å²) in [4.78, 5) is 1.24. The van der Waals surface area contributed by atoms with Gasteiger partial charge in [-0.15, -0.1) is 9.90 Å². The molecule has 0 saturated carbocycles. The number of para-hydroxylation sites is 1. The molecule has 1 aromatic carbocycles. The zero-order chi connectivity index (χ0) is 10.8. The van der Waals surface area contributed by atoms with Crippen LogP contribution in [0.5, 0.6) is 0 Å². The second kappa shape index (κ2) is 3.89. The fourth-order valence-electron chi connectivity index (χ4n) is 1.10. The summed E-state index contributed by atoms with van der Waals surface area (Å²) >= 11 is 11.9. The van der Waals surface area contributed by atoms with Crippen molar-refractivity contribution in [1.82, 2.24) is 15.0 Å². The van der Waals surface area contributed by atoms with E-state index >= 15 is 0 Å². The van der Waals surface area contributed by atoms with E-state index < -0.39 is 0 Å². The monoisotopic (exact) mass is 238 g/mol. The summed E-state index contributed by atoms with van der Waals surface area (Å²) in [5.74, 6) is 0. The van der Waals surface area contributed by atoms with E-state index in [0.29, 0.717) is 15.7 Å². The highest BCUT2D eigenvalue weighted by molar-refractivity contribution is 6.37. The van der Waals surface area contributed by atoms with Crippen LogP contribution >= 0.6 is 23.2 Å². The van der Waals surface area contributed by atoms with Crippen molar-refractivity contribution >= 4 is 23.2 Å². The predicted molar refractivity (Wildman–Crippen MR) is 56.1 cm³/mol. The molecule has 0 radical (unpaired) electrons. The molecule has 2 rings (SSSR count). The van der Waals surface area contributed by atoms with Crippen LogP contribution in [-0.4, -0.2) is 15.0 Å². The highest BCUT2D eigenvalue weighted by Crippen LogP contribution is 2.26. The molecular formula is C9H4Cl2N4. The summed E-state index contributed by atoms with van der Waals surface area (Å²) in [6, 6.07) is 6.96. The van der Waals surface area contributed by atoms with Crippen LogP contribution in [-0.2, 0) is 0 Å². The lowest BCUT2D eigenvalue weighted by molar-refractivity contribution is 0.750. The average Bonchev–Trinajstić information content (AvgIpc) is 2.66. The largest absolute Gasteiger partial charge is 0.191 e. The topological polar surface area (TPSA) is 54.5 Å². The van der Waals surface area contributed by atoms with Gasteiger partial charge in [-0.2, -0.15) is 10.4 Å². The summed E-state index contributed by atoms with van der Waals surface area (Å²) in [6.45, 7) is 0. The van der Waals surface area contributed by atoms with Crippen LogP contribution in [0.3, 0.4) is 0 Å². The third kappa shape index (κ3) is 1.80. The first-order valence-electron chi connectivity index (χ1n) is 3.99. The number of rotatable bonds is 1. The lowest BCUT2D eigenvalue weighted by Crippen LogP contribution is -2.00. The molecule has 0 bridgehead atoms. The highest BCUT2D eigenvalue weighted by atomic mass is 35.5. The van der Waals surface area contributed by atoms with Gasteiger partial charge in [0.2, 0.25) is 0 Å². The first kappa shape index (κ1) is 9.97. The van der Waals surface area contributed by atoms with Crippen LogP contribution in [0.15, 0.2) is 24.4 Å². The normalized spacial score (nSPS) is 9.93. The Labute approximate surface area is 95.6 Å². The van der Waals surface area contributed by atoms with Crippen molar-refractivity contribution in [2.24, 2.45) is 0 Å². The minimum absolute atomic E-state index is 0.214. The van der Waals surface area contributed by atoms with Gasteiger partial charge in [-0.05, 0) is 12.1 Å². The summed E-state index contributed by atoms with van der Waals surface area (Å²) in [6.07, 6.45) is 1.35. The molecule has 6 heteroatoms. The number of hydrogen-bond acceptors (Lipinski definition) is 3. The van der Waals surface area contributed by atoms with Crippen molar-refractivity contribution in [3.8, 4) is 11.8 Å². The van der Waals surface area contributed by atoms with Gasteiger partial charge in [0.15, 0.2) is 5.69 Å². The van der Waals surface area contributed by atoms with E-state index in [1.54, 1.807) is 18.2 Å². The molecule has 0 aliphatic carbocycles. The van der Waals surface area contributed by atoms with Gasteiger partial charge in [-0.1, -0.05) is 29.3 Å². The van der Waals surface area contributed by atoms with Crippen LogP contribution in [0.1, 0.15) is 5.69 Å². The Morgan fingerprint density at radius 3 is 2.47 bits per heavy atom. The van der Waals surface area contributed by atoms with Gasteiger partial charge >= 0.3 is 0 Å². The zero-order valence-electron chi connectivity index (χ0n) is 7.35. The molecule has 0 N–H and O–H groups in total. The minimum Gasteiger partial charge on any atom is -0.191 e. The van der Waals surface area contributed by atoms with Crippen molar-refractivity contribution in [3.05, 3.63) is 40.1 Å². The highest BCUT2D eigenvalue weighted by Gasteiger charge is 2.10. The quantitative estimate of drug-likeness (QED) is 0.767. The smallest absolute Gasteiger partial charge is 0.183 e. The Kier molecular flexibility index (Phi) is 2.58. The Morgan fingerprint density at radius 2 is 1.93 bits per heavy atom. The molecule has 1 heterocycles. The number of aromatic nitrogens is 3. The van der Waals surface area contributed by atoms with E-state index in [2.05, 4.69) is 10.2 Å². The van der Waals surface area contributed by atoms with Crippen LogP contribution in [0.4, 0.5) is 0 Å². The van der Waals surface area contributed by atoms with Gasteiger partial charge in [0.1, 0.15) is 11.8 Å². The zero-order valence-corrected chi connectivity index (χ0v) is 8.87. The van der Waals surface area contributed by atoms with Gasteiger partial charge < -0.3 is 0 Å². The van der Waals surface area contributed by atoms with E-state index in [9.17, 15) is 0 Å². The molecule has 0 spiro atoms. The molecule has 1 aromatic heterocycles. The fourth-order valence-corrected chi connectivity index (χ4v) is 1.65. The predicted octanol–water partition coefficient (Wildman–Crippen LogP) is 2.45. The SMILES string of the molecule is N#Cc1cnn(-c2c(Cl)cccc2Cl)n1. The van der Waals surface area contributed by atoms with E-state index in [0.717, 1.165) is 0 Å². The maximum absolute atomic E-state index is 8.60. The van der Waals surface area contributed by atoms with Crippen molar-refractivity contribution in [2.75, 3.05) is 0 Å². The van der Waals surface area contributed by atoms with E-state index in [1.165, 1.54) is 11.0 Å². The molecule has 2 aromatic rings. The van der Waals surface area contributed by atoms with Crippen LogP contribution in [0.25, 0.3) is 5.69 Å². The van der Waals surface area contributed by atoms with E-state index in [-0.39, 0.29) is 5.69 Å². The number of benzene rings is 1. The Balaban J connectivity index is 2.59. The van der Waals surface area contributed by atoms with Crippen molar-refractivity contribution in [1.29, 1.82) is 5.26 Å². The summed E-state index contributed by atoms with van der Waals surface area (Å²) < 4.78 is 0. The molecule has 0 aliphatic rings. The van der Waals surface area contributed by atoms with Crippen LogP contribution in [0.2, 0.25) is 10.0 Å². The number of hydrogen-bond donors (Lipinski definition) is 0. The summed E-state index contributed by atoms with van der Waals surface area (Å²) in [5.41, 5.74) is 0.688. The second-order valence-electron chi connectivity index (χ2n) is 2.70. The first-order chi connectivity index (χ1) is 7.22. The molecule has 0 saturated heterocycles. The van der Waals surface area contributed by atoms with Gasteiger partial charge in [-0.3, -0.25) is 0 Å². The van der Waals surface area contributed by atoms with Gasteiger partial charge in [0.25, 0.3) is 0 Å². The maximum atomic E-state index is 8.60. The lowest BCUT2D eigenvalue weighted by atomic mass is 10.3. The van der Waals surface area contributed by atoms with Crippen LogP contribution in [0, 0.1) is 11.3 Å². The molecule has 0 fully saturated rings. The molecule has 0 amide bonds. The molecule has 0 atom stereocenters. The average molecular weight is 239 g/mol. The maximum Gasteiger partial charge on any atom is 0.183 e. The van der Waals surface area contributed by atoms with Crippen molar-refractivity contribution in [2.45, 2.75) is 0 Å². The Bertz CT molecular complexity index is 521. The molecule has 74 valence electrons. The molecule has 4 nitrogen and oxygen atoms in total. The Morgan fingerprint density at radius 1 is 1.27 bits per heavy atom. The minimum atomic E-state index is 0.214. The molecule has 0 unspecified atom stereocenters. The summed E-state index contributed by atoms with van der Waals surface area (Å²) in [7, 11) is 0. The Hall–Kier alpha value is -1.57. The van der Waals surface area contributed by atoms with Gasteiger partial charge in [0.05, 0.1) is 16.2 Å². The number of nitriles is 1. The first-order valence-corrected chi connectivity index (χ1v) is 4.75. The van der Waals surface area contributed by atoms with Gasteiger partial charge in [0, 0.05) is 0 Å².